The number of nitrogens with one attached hydrogen (secondary N) is 1. The van der Waals surface area contributed by atoms with Gasteiger partial charge in [0.2, 0.25) is 0 Å². The molecule has 0 radical (unpaired) electrons. The van der Waals surface area contributed by atoms with Gasteiger partial charge in [-0.1, -0.05) is 13.0 Å². The van der Waals surface area contributed by atoms with Crippen molar-refractivity contribution in [1.29, 1.82) is 0 Å². The summed E-state index contributed by atoms with van der Waals surface area (Å²) in [5.74, 6) is -0.554. The van der Waals surface area contributed by atoms with Gasteiger partial charge >= 0.3 is 5.97 Å². The van der Waals surface area contributed by atoms with Gasteiger partial charge in [-0.15, -0.1) is 0 Å². The number of phenolic OH excluding ortho intramolecular Hbond substituents is 1. The predicted molar refractivity (Wildman–Crippen MR) is 105 cm³/mol. The van der Waals surface area contributed by atoms with Gasteiger partial charge in [0.05, 0.1) is 18.8 Å². The van der Waals surface area contributed by atoms with Crippen LogP contribution in [0.2, 0.25) is 0 Å². The molecule has 6 heteroatoms. The number of hydrogen-bond donors (Lipinski definition) is 2. The molecule has 1 aromatic carbocycles. The van der Waals surface area contributed by atoms with Crippen molar-refractivity contribution < 1.29 is 24.2 Å². The van der Waals surface area contributed by atoms with Crippen molar-refractivity contribution in [2.24, 2.45) is 0 Å². The van der Waals surface area contributed by atoms with Crippen LogP contribution in [0, 0.1) is 0 Å². The Morgan fingerprint density at radius 3 is 2.79 bits per heavy atom. The molecule has 1 unspecified atom stereocenters. The van der Waals surface area contributed by atoms with Gasteiger partial charge in [0, 0.05) is 29.3 Å². The zero-order valence-electron chi connectivity index (χ0n) is 16.6. The van der Waals surface area contributed by atoms with E-state index in [0.717, 1.165) is 30.5 Å². The number of allylic oxidation sites excluding steroid dienone is 3. The molecule has 1 aromatic rings. The highest BCUT2D eigenvalue weighted by Crippen LogP contribution is 2.44. The minimum Gasteiger partial charge on any atom is -0.504 e. The number of ketones is 1. The summed E-state index contributed by atoms with van der Waals surface area (Å²) in [5, 5.41) is 13.3. The number of aromatic hydroxyl groups is 1. The predicted octanol–water partition coefficient (Wildman–Crippen LogP) is 3.71. The lowest BCUT2D eigenvalue weighted by molar-refractivity contribution is -0.139. The van der Waals surface area contributed by atoms with Crippen molar-refractivity contribution in [3.8, 4) is 11.5 Å². The average Bonchev–Trinajstić information content (AvgIpc) is 2.67. The topological polar surface area (TPSA) is 84.9 Å². The van der Waals surface area contributed by atoms with Gasteiger partial charge in [0.1, 0.15) is 0 Å². The third-order valence-corrected chi connectivity index (χ3v) is 5.05. The first-order valence-corrected chi connectivity index (χ1v) is 9.84. The van der Waals surface area contributed by atoms with Gasteiger partial charge in [-0.05, 0) is 50.8 Å². The number of ether oxygens (including phenoxy) is 2. The number of phenols is 1. The number of benzene rings is 1. The van der Waals surface area contributed by atoms with Gasteiger partial charge < -0.3 is 19.9 Å². The Morgan fingerprint density at radius 1 is 1.29 bits per heavy atom. The van der Waals surface area contributed by atoms with E-state index in [1.54, 1.807) is 18.2 Å². The molecule has 0 aromatic heterocycles. The van der Waals surface area contributed by atoms with Crippen molar-refractivity contribution >= 4 is 11.8 Å². The van der Waals surface area contributed by atoms with Gasteiger partial charge in [-0.2, -0.15) is 0 Å². The fourth-order valence-electron chi connectivity index (χ4n) is 3.84. The fourth-order valence-corrected chi connectivity index (χ4v) is 3.84. The monoisotopic (exact) mass is 385 g/mol. The highest BCUT2D eigenvalue weighted by molar-refractivity contribution is 6.03. The molecule has 0 amide bonds. The maximum absolute atomic E-state index is 12.9. The Bertz CT molecular complexity index is 852. The molecule has 1 heterocycles. The lowest BCUT2D eigenvalue weighted by Gasteiger charge is -2.34. The molecule has 1 aliphatic heterocycles. The van der Waals surface area contributed by atoms with Crippen molar-refractivity contribution in [2.75, 3.05) is 13.2 Å². The number of carbonyl (C=O) groups excluding carboxylic acids is 2. The van der Waals surface area contributed by atoms with Gasteiger partial charge in [0.15, 0.2) is 17.3 Å². The quantitative estimate of drug-likeness (QED) is 0.726. The molecule has 0 spiro atoms. The summed E-state index contributed by atoms with van der Waals surface area (Å²) < 4.78 is 10.9. The smallest absolute Gasteiger partial charge is 0.336 e. The Morgan fingerprint density at radius 2 is 2.07 bits per heavy atom. The van der Waals surface area contributed by atoms with Crippen LogP contribution in [-0.4, -0.2) is 30.1 Å². The highest BCUT2D eigenvalue weighted by atomic mass is 16.5. The number of Topliss-reactive ketones (excluding diaryl/α,β-unsaturated/α-hetero) is 1. The molecule has 2 aliphatic rings. The van der Waals surface area contributed by atoms with E-state index in [4.69, 9.17) is 9.47 Å². The maximum atomic E-state index is 12.9. The van der Waals surface area contributed by atoms with Crippen LogP contribution < -0.4 is 10.1 Å². The average molecular weight is 385 g/mol. The molecule has 0 saturated heterocycles. The molecule has 0 bridgehead atoms. The van der Waals surface area contributed by atoms with E-state index in [1.165, 1.54) is 0 Å². The van der Waals surface area contributed by atoms with Crippen LogP contribution in [0.4, 0.5) is 0 Å². The first-order chi connectivity index (χ1) is 13.5. The lowest BCUT2D eigenvalue weighted by atomic mass is 9.75. The summed E-state index contributed by atoms with van der Waals surface area (Å²) in [6.07, 6.45) is 2.74. The Kier molecular flexibility index (Phi) is 6.07. The highest BCUT2D eigenvalue weighted by Gasteiger charge is 2.39. The van der Waals surface area contributed by atoms with E-state index in [-0.39, 0.29) is 11.5 Å². The van der Waals surface area contributed by atoms with Crippen LogP contribution >= 0.6 is 0 Å². The fraction of sp³-hybridized carbons (Fsp3) is 0.455. The summed E-state index contributed by atoms with van der Waals surface area (Å²) in [6, 6.07) is 4.99. The molecule has 0 saturated carbocycles. The molecule has 0 fully saturated rings. The molecule has 3 rings (SSSR count). The van der Waals surface area contributed by atoms with Crippen molar-refractivity contribution in [1.82, 2.24) is 5.32 Å². The number of carbonyl (C=O) groups is 2. The lowest BCUT2D eigenvalue weighted by Crippen LogP contribution is -2.34. The van der Waals surface area contributed by atoms with Crippen LogP contribution in [0.15, 0.2) is 40.7 Å². The van der Waals surface area contributed by atoms with E-state index >= 15 is 0 Å². The second kappa shape index (κ2) is 8.50. The van der Waals surface area contributed by atoms with Crippen LogP contribution in [0.1, 0.15) is 57.9 Å². The molecule has 1 atom stereocenters. The Balaban J connectivity index is 2.13. The van der Waals surface area contributed by atoms with Crippen molar-refractivity contribution in [2.45, 2.75) is 52.4 Å². The molecule has 1 aliphatic carbocycles. The summed E-state index contributed by atoms with van der Waals surface area (Å²) in [4.78, 5) is 25.7. The van der Waals surface area contributed by atoms with E-state index in [2.05, 4.69) is 5.32 Å². The van der Waals surface area contributed by atoms with Crippen LogP contribution in [-0.2, 0) is 14.3 Å². The molecule has 28 heavy (non-hydrogen) atoms. The minimum absolute atomic E-state index is 0.0273. The summed E-state index contributed by atoms with van der Waals surface area (Å²) >= 11 is 0. The maximum Gasteiger partial charge on any atom is 0.336 e. The number of hydrogen-bond acceptors (Lipinski definition) is 6. The van der Waals surface area contributed by atoms with Crippen LogP contribution in [0.25, 0.3) is 0 Å². The second-order valence-corrected chi connectivity index (χ2v) is 7.06. The van der Waals surface area contributed by atoms with Gasteiger partial charge in [-0.25, -0.2) is 4.79 Å². The minimum atomic E-state index is -0.534. The van der Waals surface area contributed by atoms with E-state index in [0.29, 0.717) is 42.2 Å². The molecular weight excluding hydrogens is 358 g/mol. The summed E-state index contributed by atoms with van der Waals surface area (Å²) in [6.45, 7) is 6.32. The van der Waals surface area contributed by atoms with Crippen molar-refractivity contribution in [3.63, 3.8) is 0 Å². The van der Waals surface area contributed by atoms with E-state index < -0.39 is 11.9 Å². The standard InChI is InChI=1S/C22H27NO5/c1-4-11-28-22(26)19-13(3)23-15-7-6-8-17(25)21(15)20(19)14-9-10-16(24)18(12-14)27-5-2/h9-10,12,20,23-24H,4-8,11H2,1-3H3. The zero-order chi connectivity index (χ0) is 20.3. The SMILES string of the molecule is CCCOC(=O)C1=C(C)NC2=C(C(=O)CCC2)C1c1ccc(O)c(OCC)c1. The normalized spacial score (nSPS) is 19.2. The summed E-state index contributed by atoms with van der Waals surface area (Å²) in [5.41, 5.74) is 3.36. The number of esters is 1. The van der Waals surface area contributed by atoms with E-state index in [1.807, 2.05) is 20.8 Å². The van der Waals surface area contributed by atoms with Crippen LogP contribution in [0.5, 0.6) is 11.5 Å². The van der Waals surface area contributed by atoms with E-state index in [9.17, 15) is 14.7 Å². The van der Waals surface area contributed by atoms with Crippen LogP contribution in [0.3, 0.4) is 0 Å². The molecule has 150 valence electrons. The van der Waals surface area contributed by atoms with Gasteiger partial charge in [0.25, 0.3) is 0 Å². The Labute approximate surface area is 165 Å². The number of dihydropyridines is 1. The first kappa shape index (κ1) is 20.0. The largest absolute Gasteiger partial charge is 0.504 e. The first-order valence-electron chi connectivity index (χ1n) is 9.84. The zero-order valence-corrected chi connectivity index (χ0v) is 16.6. The second-order valence-electron chi connectivity index (χ2n) is 7.06. The molecular formula is C22H27NO5. The van der Waals surface area contributed by atoms with Gasteiger partial charge in [-0.3, -0.25) is 4.79 Å². The molecule has 2 N–H and O–H groups in total. The summed E-state index contributed by atoms with van der Waals surface area (Å²) in [7, 11) is 0. The number of rotatable bonds is 6. The Hall–Kier alpha value is -2.76. The van der Waals surface area contributed by atoms with Crippen molar-refractivity contribution in [3.05, 3.63) is 46.3 Å². The third-order valence-electron chi connectivity index (χ3n) is 5.05. The molecule has 6 nitrogen and oxygen atoms in total. The third kappa shape index (κ3) is 3.77.